The van der Waals surface area contributed by atoms with E-state index in [1.807, 2.05) is 18.2 Å². The van der Waals surface area contributed by atoms with Crippen molar-refractivity contribution in [2.24, 2.45) is 5.73 Å². The van der Waals surface area contributed by atoms with Crippen LogP contribution < -0.4 is 10.5 Å². The molecule has 1 rings (SSSR count). The van der Waals surface area contributed by atoms with Crippen LogP contribution in [0.5, 0.6) is 5.75 Å². The molecule has 0 bridgehead atoms. The molecule has 0 heterocycles. The van der Waals surface area contributed by atoms with E-state index < -0.39 is 0 Å². The van der Waals surface area contributed by atoms with Gasteiger partial charge in [-0.1, -0.05) is 12.2 Å². The Kier molecular flexibility index (Phi) is 6.91. The number of aliphatic hydroxyl groups is 1. The van der Waals surface area contributed by atoms with Gasteiger partial charge in [-0.2, -0.15) is 0 Å². The van der Waals surface area contributed by atoms with Gasteiger partial charge in [0.25, 0.3) is 0 Å². The summed E-state index contributed by atoms with van der Waals surface area (Å²) in [6, 6.07) is 6.14. The summed E-state index contributed by atoms with van der Waals surface area (Å²) >= 11 is 5.03. The monoisotopic (exact) mass is 296 g/mol. The SMILES string of the molecule is COc1ccc(C(N)=S)cc1CN(CCCO)C(C)C. The minimum absolute atomic E-state index is 0.202. The van der Waals surface area contributed by atoms with Crippen molar-refractivity contribution >= 4 is 17.2 Å². The average molecular weight is 296 g/mol. The predicted molar refractivity (Wildman–Crippen MR) is 86.1 cm³/mol. The highest BCUT2D eigenvalue weighted by atomic mass is 32.1. The van der Waals surface area contributed by atoms with Crippen LogP contribution >= 0.6 is 12.2 Å². The maximum Gasteiger partial charge on any atom is 0.123 e. The van der Waals surface area contributed by atoms with Gasteiger partial charge in [0.1, 0.15) is 10.7 Å². The first-order chi connectivity index (χ1) is 9.49. The van der Waals surface area contributed by atoms with Crippen LogP contribution in [-0.4, -0.2) is 41.3 Å². The molecular weight excluding hydrogens is 272 g/mol. The maximum absolute atomic E-state index is 9.00. The van der Waals surface area contributed by atoms with Gasteiger partial charge in [-0.3, -0.25) is 4.90 Å². The fraction of sp³-hybridized carbons (Fsp3) is 0.533. The fourth-order valence-corrected chi connectivity index (χ4v) is 2.19. The number of nitrogens with zero attached hydrogens (tertiary/aromatic N) is 1. The van der Waals surface area contributed by atoms with Crippen LogP contribution in [0.1, 0.15) is 31.4 Å². The zero-order valence-corrected chi connectivity index (χ0v) is 13.2. The van der Waals surface area contributed by atoms with Crippen LogP contribution in [0.25, 0.3) is 0 Å². The second-order valence-corrected chi connectivity index (χ2v) is 5.47. The molecule has 0 saturated carbocycles. The molecule has 0 atom stereocenters. The number of ether oxygens (including phenoxy) is 1. The van der Waals surface area contributed by atoms with Gasteiger partial charge < -0.3 is 15.6 Å². The Labute approximate surface area is 126 Å². The van der Waals surface area contributed by atoms with Gasteiger partial charge in [0, 0.05) is 36.9 Å². The van der Waals surface area contributed by atoms with E-state index in [2.05, 4.69) is 18.7 Å². The molecule has 0 aromatic heterocycles. The van der Waals surface area contributed by atoms with E-state index in [-0.39, 0.29) is 6.61 Å². The second-order valence-electron chi connectivity index (χ2n) is 5.03. The zero-order chi connectivity index (χ0) is 15.1. The Morgan fingerprint density at radius 2 is 2.15 bits per heavy atom. The molecule has 0 aliphatic carbocycles. The van der Waals surface area contributed by atoms with Crippen LogP contribution in [0.15, 0.2) is 18.2 Å². The summed E-state index contributed by atoms with van der Waals surface area (Å²) < 4.78 is 5.41. The standard InChI is InChI=1S/C15H24N2O2S/c1-11(2)17(7-4-8-18)10-13-9-12(15(16)20)5-6-14(13)19-3/h5-6,9,11,18H,4,7-8,10H2,1-3H3,(H2,16,20). The largest absolute Gasteiger partial charge is 0.496 e. The third-order valence-electron chi connectivity index (χ3n) is 3.27. The first-order valence-electron chi connectivity index (χ1n) is 6.81. The number of methoxy groups -OCH3 is 1. The lowest BCUT2D eigenvalue weighted by Gasteiger charge is -2.27. The Morgan fingerprint density at radius 1 is 1.45 bits per heavy atom. The molecule has 0 amide bonds. The molecule has 4 nitrogen and oxygen atoms in total. The number of rotatable bonds is 8. The minimum Gasteiger partial charge on any atom is -0.496 e. The number of thiocarbonyl (C=S) groups is 1. The van der Waals surface area contributed by atoms with Crippen molar-refractivity contribution in [3.63, 3.8) is 0 Å². The van der Waals surface area contributed by atoms with Crippen molar-refractivity contribution in [3.8, 4) is 5.75 Å². The highest BCUT2D eigenvalue weighted by Gasteiger charge is 2.13. The molecule has 20 heavy (non-hydrogen) atoms. The lowest BCUT2D eigenvalue weighted by Crippen LogP contribution is -2.32. The lowest BCUT2D eigenvalue weighted by atomic mass is 10.1. The third-order valence-corrected chi connectivity index (χ3v) is 3.51. The smallest absolute Gasteiger partial charge is 0.123 e. The van der Waals surface area contributed by atoms with Crippen LogP contribution in [0.3, 0.4) is 0 Å². The Balaban J connectivity index is 2.96. The summed E-state index contributed by atoms with van der Waals surface area (Å²) in [7, 11) is 1.66. The molecule has 0 radical (unpaired) electrons. The van der Waals surface area contributed by atoms with Crippen LogP contribution in [0.4, 0.5) is 0 Å². The van der Waals surface area contributed by atoms with Gasteiger partial charge in [0.05, 0.1) is 7.11 Å². The molecule has 0 spiro atoms. The van der Waals surface area contributed by atoms with Crippen molar-refractivity contribution < 1.29 is 9.84 Å². The molecule has 0 fully saturated rings. The van der Waals surface area contributed by atoms with Crippen LogP contribution in [-0.2, 0) is 6.54 Å². The summed E-state index contributed by atoms with van der Waals surface area (Å²) in [4.78, 5) is 2.68. The highest BCUT2D eigenvalue weighted by molar-refractivity contribution is 7.80. The van der Waals surface area contributed by atoms with Crippen LogP contribution in [0.2, 0.25) is 0 Å². The molecule has 1 aromatic rings. The van der Waals surface area contributed by atoms with E-state index in [9.17, 15) is 0 Å². The summed E-state index contributed by atoms with van der Waals surface area (Å²) in [5.41, 5.74) is 7.60. The van der Waals surface area contributed by atoms with Gasteiger partial charge in [-0.25, -0.2) is 0 Å². The van der Waals surface area contributed by atoms with Gasteiger partial charge in [0.15, 0.2) is 0 Å². The normalized spacial score (nSPS) is 11.1. The quantitative estimate of drug-likeness (QED) is 0.718. The van der Waals surface area contributed by atoms with E-state index in [1.54, 1.807) is 7.11 Å². The van der Waals surface area contributed by atoms with Gasteiger partial charge in [-0.05, 0) is 38.5 Å². The molecule has 0 aliphatic rings. The molecule has 112 valence electrons. The maximum atomic E-state index is 9.00. The van der Waals surface area contributed by atoms with E-state index in [0.717, 1.165) is 36.4 Å². The summed E-state index contributed by atoms with van der Waals surface area (Å²) in [5.74, 6) is 0.833. The molecule has 0 aliphatic heterocycles. The van der Waals surface area contributed by atoms with Crippen molar-refractivity contribution in [1.29, 1.82) is 0 Å². The molecule has 0 unspecified atom stereocenters. The Hall–Kier alpha value is -1.17. The zero-order valence-electron chi connectivity index (χ0n) is 12.4. The first-order valence-corrected chi connectivity index (χ1v) is 7.22. The number of benzene rings is 1. The van der Waals surface area contributed by atoms with E-state index in [4.69, 9.17) is 27.8 Å². The van der Waals surface area contributed by atoms with Crippen molar-refractivity contribution in [1.82, 2.24) is 4.90 Å². The first kappa shape index (κ1) is 16.9. The van der Waals surface area contributed by atoms with E-state index >= 15 is 0 Å². The van der Waals surface area contributed by atoms with E-state index in [0.29, 0.717) is 11.0 Å². The summed E-state index contributed by atoms with van der Waals surface area (Å²) in [6.07, 6.45) is 0.759. The van der Waals surface area contributed by atoms with Crippen molar-refractivity contribution in [2.75, 3.05) is 20.3 Å². The molecule has 1 aromatic carbocycles. The average Bonchev–Trinajstić information content (AvgIpc) is 2.42. The van der Waals surface area contributed by atoms with Crippen LogP contribution in [0, 0.1) is 0 Å². The van der Waals surface area contributed by atoms with E-state index in [1.165, 1.54) is 0 Å². The van der Waals surface area contributed by atoms with Crippen molar-refractivity contribution in [3.05, 3.63) is 29.3 Å². The van der Waals surface area contributed by atoms with Gasteiger partial charge in [-0.15, -0.1) is 0 Å². The van der Waals surface area contributed by atoms with Gasteiger partial charge >= 0.3 is 0 Å². The Bertz CT molecular complexity index is 449. The number of aliphatic hydroxyl groups excluding tert-OH is 1. The topological polar surface area (TPSA) is 58.7 Å². The minimum atomic E-state index is 0.202. The Morgan fingerprint density at radius 3 is 2.65 bits per heavy atom. The summed E-state index contributed by atoms with van der Waals surface area (Å²) in [6.45, 7) is 6.07. The molecule has 0 saturated heterocycles. The molecule has 3 N–H and O–H groups in total. The summed E-state index contributed by atoms with van der Waals surface area (Å²) in [5, 5.41) is 9.00. The predicted octanol–water partition coefficient (Wildman–Crippen LogP) is 1.92. The number of hydrogen-bond donors (Lipinski definition) is 2. The number of hydrogen-bond acceptors (Lipinski definition) is 4. The number of nitrogens with two attached hydrogens (primary N) is 1. The second kappa shape index (κ2) is 8.19. The lowest BCUT2D eigenvalue weighted by molar-refractivity contribution is 0.183. The van der Waals surface area contributed by atoms with Gasteiger partial charge in [0.2, 0.25) is 0 Å². The fourth-order valence-electron chi connectivity index (χ4n) is 2.07. The van der Waals surface area contributed by atoms with Crippen molar-refractivity contribution in [2.45, 2.75) is 32.9 Å². The highest BCUT2D eigenvalue weighted by Crippen LogP contribution is 2.22. The third kappa shape index (κ3) is 4.74. The molecular formula is C15H24N2O2S. The molecule has 5 heteroatoms.